The smallest absolute Gasteiger partial charge is 0.272 e. The number of carbonyl (C=O) groups excluding carboxylic acids is 3. The molecule has 4 aromatic carbocycles. The largest absolute Gasteiger partial charge is 0.361 e. The summed E-state index contributed by atoms with van der Waals surface area (Å²) in [7, 11) is 0. The summed E-state index contributed by atoms with van der Waals surface area (Å²) in [5.74, 6) is -0.975. The molecular weight excluding hydrogens is 556 g/mol. The lowest BCUT2D eigenvalue weighted by Gasteiger charge is -2.16. The number of aromatic nitrogens is 1. The second kappa shape index (κ2) is 13.3. The molecule has 0 bridgehead atoms. The monoisotopic (exact) mass is 588 g/mol. The Morgan fingerprint density at radius 2 is 1.51 bits per heavy atom. The minimum absolute atomic E-state index is 0.0954. The number of hydrogen-bond acceptors (Lipinski definition) is 4. The first kappa shape index (κ1) is 29.4. The van der Waals surface area contributed by atoms with E-state index < -0.39 is 11.8 Å². The third-order valence-electron chi connectivity index (χ3n) is 6.95. The molecule has 3 amide bonds. The Bertz CT molecular complexity index is 1810. The molecule has 1 unspecified atom stereocenters. The molecule has 0 aliphatic rings. The van der Waals surface area contributed by atoms with Crippen LogP contribution < -0.4 is 16.0 Å². The molecule has 1 aromatic heterocycles. The van der Waals surface area contributed by atoms with E-state index in [1.54, 1.807) is 42.6 Å². The van der Waals surface area contributed by atoms with Gasteiger partial charge in [-0.3, -0.25) is 14.4 Å². The van der Waals surface area contributed by atoms with Gasteiger partial charge in [-0.1, -0.05) is 60.7 Å². The van der Waals surface area contributed by atoms with Crippen LogP contribution in [0.3, 0.4) is 0 Å². The lowest BCUT2D eigenvalue weighted by atomic mass is 10.1. The van der Waals surface area contributed by atoms with Gasteiger partial charge in [-0.05, 0) is 74.4 Å². The molecule has 5 rings (SSSR count). The van der Waals surface area contributed by atoms with Crippen molar-refractivity contribution >= 4 is 57.8 Å². The van der Waals surface area contributed by atoms with Crippen LogP contribution in [0.25, 0.3) is 17.0 Å². The highest BCUT2D eigenvalue weighted by Gasteiger charge is 2.19. The van der Waals surface area contributed by atoms with Gasteiger partial charge in [0, 0.05) is 44.5 Å². The van der Waals surface area contributed by atoms with Crippen molar-refractivity contribution in [1.29, 1.82) is 0 Å². The van der Waals surface area contributed by atoms with E-state index in [1.165, 1.54) is 11.8 Å². The van der Waals surface area contributed by atoms with Crippen LogP contribution in [0.1, 0.15) is 34.0 Å². The molecule has 0 saturated carbocycles. The third kappa shape index (κ3) is 7.23. The van der Waals surface area contributed by atoms with Crippen LogP contribution in [-0.4, -0.2) is 28.0 Å². The van der Waals surface area contributed by atoms with Crippen molar-refractivity contribution in [2.45, 2.75) is 30.9 Å². The fourth-order valence-electron chi connectivity index (χ4n) is 4.65. The summed E-state index contributed by atoms with van der Waals surface area (Å²) < 4.78 is 0. The Hall–Kier alpha value is -5.08. The topological polar surface area (TPSA) is 103 Å². The molecule has 1 atom stereocenters. The van der Waals surface area contributed by atoms with Crippen molar-refractivity contribution in [3.63, 3.8) is 0 Å². The fraction of sp³-hybridized carbons (Fsp3) is 0.114. The predicted molar refractivity (Wildman–Crippen MR) is 175 cm³/mol. The Balaban J connectivity index is 1.34. The third-order valence-corrected chi connectivity index (χ3v) is 8.05. The van der Waals surface area contributed by atoms with Gasteiger partial charge in [0.25, 0.3) is 11.8 Å². The quantitative estimate of drug-likeness (QED) is 0.107. The summed E-state index contributed by atoms with van der Waals surface area (Å²) in [6.45, 7) is 5.78. The number of fused-ring (bicyclic) bond motifs is 1. The van der Waals surface area contributed by atoms with Gasteiger partial charge in [-0.2, -0.15) is 0 Å². The highest BCUT2D eigenvalue weighted by Crippen LogP contribution is 2.28. The van der Waals surface area contributed by atoms with Gasteiger partial charge < -0.3 is 20.9 Å². The first-order valence-corrected chi connectivity index (χ1v) is 14.8. The maximum absolute atomic E-state index is 13.6. The summed E-state index contributed by atoms with van der Waals surface area (Å²) in [4.78, 5) is 43.6. The molecule has 0 saturated heterocycles. The van der Waals surface area contributed by atoms with Gasteiger partial charge in [0.2, 0.25) is 5.91 Å². The summed E-state index contributed by atoms with van der Waals surface area (Å²) >= 11 is 1.39. The van der Waals surface area contributed by atoms with Gasteiger partial charge in [0.05, 0.1) is 5.25 Å². The number of rotatable bonds is 9. The SMILES string of the molecule is Cc1cccc(C)c1NC(=O)C(C)Sc1cccc(NC(=O)/C(=C/c2c[nH]c3ccccc23)NC(=O)c2ccccc2)c1. The van der Waals surface area contributed by atoms with Crippen LogP contribution in [0.15, 0.2) is 114 Å². The summed E-state index contributed by atoms with van der Waals surface area (Å²) in [5, 5.41) is 9.29. The lowest BCUT2D eigenvalue weighted by Crippen LogP contribution is -2.30. The van der Waals surface area contributed by atoms with Gasteiger partial charge in [0.1, 0.15) is 5.70 Å². The van der Waals surface area contributed by atoms with E-state index in [4.69, 9.17) is 0 Å². The van der Waals surface area contributed by atoms with Crippen molar-refractivity contribution in [3.8, 4) is 0 Å². The zero-order chi connectivity index (χ0) is 30.3. The van der Waals surface area contributed by atoms with Gasteiger partial charge in [-0.25, -0.2) is 0 Å². The number of benzene rings is 4. The van der Waals surface area contributed by atoms with Crippen LogP contribution in [-0.2, 0) is 9.59 Å². The van der Waals surface area contributed by atoms with E-state index >= 15 is 0 Å². The number of carbonyl (C=O) groups is 3. The van der Waals surface area contributed by atoms with Crippen molar-refractivity contribution in [3.05, 3.63) is 131 Å². The number of amides is 3. The fourth-order valence-corrected chi connectivity index (χ4v) is 5.58. The second-order valence-electron chi connectivity index (χ2n) is 10.2. The molecule has 0 fully saturated rings. The van der Waals surface area contributed by atoms with Crippen LogP contribution in [0.2, 0.25) is 0 Å². The van der Waals surface area contributed by atoms with Crippen LogP contribution >= 0.6 is 11.8 Å². The van der Waals surface area contributed by atoms with Crippen molar-refractivity contribution in [2.75, 3.05) is 10.6 Å². The van der Waals surface area contributed by atoms with Gasteiger partial charge >= 0.3 is 0 Å². The zero-order valence-corrected chi connectivity index (χ0v) is 24.9. The minimum Gasteiger partial charge on any atom is -0.361 e. The Kier molecular flexibility index (Phi) is 9.08. The van der Waals surface area contributed by atoms with E-state index in [0.717, 1.165) is 38.2 Å². The van der Waals surface area contributed by atoms with E-state index in [-0.39, 0.29) is 16.9 Å². The Labute approximate surface area is 254 Å². The number of aromatic amines is 1. The van der Waals surface area contributed by atoms with Crippen molar-refractivity contribution in [1.82, 2.24) is 10.3 Å². The molecule has 0 aliphatic carbocycles. The number of para-hydroxylation sites is 2. The van der Waals surface area contributed by atoms with Crippen LogP contribution in [0, 0.1) is 13.8 Å². The minimum atomic E-state index is -0.475. The predicted octanol–water partition coefficient (Wildman–Crippen LogP) is 7.31. The Morgan fingerprint density at radius 3 is 2.28 bits per heavy atom. The van der Waals surface area contributed by atoms with Gasteiger partial charge in [0.15, 0.2) is 0 Å². The molecule has 0 spiro atoms. The number of aryl methyl sites for hydroxylation is 2. The second-order valence-corrected chi connectivity index (χ2v) is 11.6. The van der Waals surface area contributed by atoms with E-state index in [9.17, 15) is 14.4 Å². The summed E-state index contributed by atoms with van der Waals surface area (Å²) in [5.41, 5.74) is 5.59. The molecule has 216 valence electrons. The van der Waals surface area contributed by atoms with Crippen LogP contribution in [0.4, 0.5) is 11.4 Å². The number of nitrogens with one attached hydrogen (secondary N) is 4. The maximum atomic E-state index is 13.6. The van der Waals surface area contributed by atoms with Gasteiger partial charge in [-0.15, -0.1) is 11.8 Å². The maximum Gasteiger partial charge on any atom is 0.272 e. The molecular formula is C35H32N4O3S. The van der Waals surface area contributed by atoms with E-state index in [0.29, 0.717) is 11.3 Å². The normalized spacial score (nSPS) is 12.0. The first-order valence-electron chi connectivity index (χ1n) is 13.9. The molecule has 1 heterocycles. The highest BCUT2D eigenvalue weighted by molar-refractivity contribution is 8.00. The standard InChI is InChI=1S/C35H32N4O3S/c1-22-11-9-12-23(2)32(22)39-33(40)24(3)43-28-16-10-15-27(20-28)37-35(42)31(38-34(41)25-13-5-4-6-14-25)19-26-21-36-30-18-8-7-17-29(26)30/h4-21,24,36H,1-3H3,(H,37,42)(H,38,41)(H,39,40)/b31-19-. The lowest BCUT2D eigenvalue weighted by molar-refractivity contribution is -0.115. The van der Waals surface area contributed by atoms with Crippen molar-refractivity contribution in [2.24, 2.45) is 0 Å². The number of thioether (sulfide) groups is 1. The average Bonchev–Trinajstić information content (AvgIpc) is 3.42. The summed E-state index contributed by atoms with van der Waals surface area (Å²) in [6, 6.07) is 29.7. The molecule has 4 N–H and O–H groups in total. The molecule has 0 aliphatic heterocycles. The average molecular weight is 589 g/mol. The molecule has 43 heavy (non-hydrogen) atoms. The number of anilines is 2. The highest BCUT2D eigenvalue weighted by atomic mass is 32.2. The molecule has 0 radical (unpaired) electrons. The molecule has 5 aromatic rings. The zero-order valence-electron chi connectivity index (χ0n) is 24.1. The number of hydrogen-bond donors (Lipinski definition) is 4. The number of H-pyrrole nitrogens is 1. The molecule has 8 heteroatoms. The van der Waals surface area contributed by atoms with Crippen LogP contribution in [0.5, 0.6) is 0 Å². The summed E-state index contributed by atoms with van der Waals surface area (Å²) in [6.07, 6.45) is 3.46. The molecule has 7 nitrogen and oxygen atoms in total. The van der Waals surface area contributed by atoms with Crippen molar-refractivity contribution < 1.29 is 14.4 Å². The first-order chi connectivity index (χ1) is 20.8. The Morgan fingerprint density at radius 1 is 0.814 bits per heavy atom. The van der Waals surface area contributed by atoms with E-state index in [1.807, 2.05) is 87.5 Å². The van der Waals surface area contributed by atoms with E-state index in [2.05, 4.69) is 20.9 Å².